The van der Waals surface area contributed by atoms with Gasteiger partial charge < -0.3 is 5.32 Å². The Balaban J connectivity index is 1.77. The molecule has 136 valence electrons. The van der Waals surface area contributed by atoms with Gasteiger partial charge in [0.25, 0.3) is 5.91 Å². The van der Waals surface area contributed by atoms with Crippen molar-refractivity contribution in [3.63, 3.8) is 0 Å². The van der Waals surface area contributed by atoms with Crippen LogP contribution in [0.15, 0.2) is 54.6 Å². The van der Waals surface area contributed by atoms with Gasteiger partial charge in [0.15, 0.2) is 0 Å². The van der Waals surface area contributed by atoms with Gasteiger partial charge in [-0.2, -0.15) is 10.4 Å². The van der Waals surface area contributed by atoms with Gasteiger partial charge in [0, 0.05) is 0 Å². The second-order valence-electron chi connectivity index (χ2n) is 6.32. The maximum atomic E-state index is 12.8. The Labute approximate surface area is 163 Å². The van der Waals surface area contributed by atoms with Gasteiger partial charge in [-0.1, -0.05) is 54.1 Å². The highest BCUT2D eigenvalue weighted by Gasteiger charge is 2.22. The van der Waals surface area contributed by atoms with E-state index in [-0.39, 0.29) is 11.9 Å². The number of aryl methyl sites for hydroxylation is 1. The van der Waals surface area contributed by atoms with Gasteiger partial charge in [0.2, 0.25) is 0 Å². The summed E-state index contributed by atoms with van der Waals surface area (Å²) >= 11 is 6.45. The Morgan fingerprint density at radius 1 is 1.22 bits per heavy atom. The number of halogens is 1. The summed E-state index contributed by atoms with van der Waals surface area (Å²) in [6.07, 6.45) is 0. The highest BCUT2D eigenvalue weighted by molar-refractivity contribution is 6.33. The Bertz CT molecular complexity index is 988. The van der Waals surface area contributed by atoms with Gasteiger partial charge in [-0.3, -0.25) is 4.79 Å². The van der Waals surface area contributed by atoms with Crippen LogP contribution in [0.25, 0.3) is 0 Å². The second-order valence-corrected chi connectivity index (χ2v) is 6.68. The van der Waals surface area contributed by atoms with Crippen LogP contribution >= 0.6 is 11.6 Å². The Morgan fingerprint density at radius 3 is 2.52 bits per heavy atom. The van der Waals surface area contributed by atoms with Crippen molar-refractivity contribution >= 4 is 17.5 Å². The van der Waals surface area contributed by atoms with Gasteiger partial charge in [-0.25, -0.2) is 4.68 Å². The van der Waals surface area contributed by atoms with E-state index in [0.717, 1.165) is 11.1 Å². The van der Waals surface area contributed by atoms with E-state index in [0.29, 0.717) is 28.5 Å². The fourth-order valence-corrected chi connectivity index (χ4v) is 3.19. The van der Waals surface area contributed by atoms with Crippen molar-refractivity contribution < 1.29 is 4.79 Å². The molecule has 0 fully saturated rings. The third-order valence-electron chi connectivity index (χ3n) is 4.36. The minimum Gasteiger partial charge on any atom is -0.345 e. The van der Waals surface area contributed by atoms with Gasteiger partial charge >= 0.3 is 0 Å². The number of rotatable bonds is 5. The molecule has 2 aromatic carbocycles. The number of amides is 1. The lowest BCUT2D eigenvalue weighted by Gasteiger charge is -2.14. The maximum Gasteiger partial charge on any atom is 0.256 e. The fourth-order valence-electron chi connectivity index (χ4n) is 2.87. The molecule has 1 atom stereocenters. The van der Waals surface area contributed by atoms with E-state index in [1.165, 1.54) is 0 Å². The van der Waals surface area contributed by atoms with E-state index in [1.54, 1.807) is 23.7 Å². The van der Waals surface area contributed by atoms with Gasteiger partial charge in [0.05, 0.1) is 35.5 Å². The predicted octanol–water partition coefficient (Wildman–Crippen LogP) is 4.26. The van der Waals surface area contributed by atoms with Crippen LogP contribution < -0.4 is 5.32 Å². The molecular weight excluding hydrogens is 360 g/mol. The number of nitrogens with zero attached hydrogens (tertiary/aromatic N) is 3. The molecule has 6 heteroatoms. The number of nitrogens with one attached hydrogen (secondary N) is 1. The van der Waals surface area contributed by atoms with Crippen LogP contribution in [0.3, 0.4) is 0 Å². The quantitative estimate of drug-likeness (QED) is 0.721. The summed E-state index contributed by atoms with van der Waals surface area (Å²) in [5, 5.41) is 16.6. The average Bonchev–Trinajstić information content (AvgIpc) is 2.95. The van der Waals surface area contributed by atoms with Gasteiger partial charge in [-0.05, 0) is 37.1 Å². The largest absolute Gasteiger partial charge is 0.345 e. The summed E-state index contributed by atoms with van der Waals surface area (Å²) in [5.41, 5.74) is 3.51. The van der Waals surface area contributed by atoms with Gasteiger partial charge in [-0.15, -0.1) is 0 Å². The minimum absolute atomic E-state index is 0.224. The van der Waals surface area contributed by atoms with Crippen molar-refractivity contribution in [2.75, 3.05) is 0 Å². The molecule has 1 aromatic heterocycles. The molecule has 0 spiro atoms. The first-order valence-corrected chi connectivity index (χ1v) is 8.95. The number of aromatic nitrogens is 2. The van der Waals surface area contributed by atoms with E-state index in [9.17, 15) is 4.79 Å². The number of hydrogen-bond donors (Lipinski definition) is 1. The molecule has 1 heterocycles. The standard InChI is InChI=1S/C21H19ClN4O/c1-14(18-10-8-16(12-23)9-11-18)24-21(27)19-15(2)25-26(20(19)22)13-17-6-4-3-5-7-17/h3-11,14H,13H2,1-2H3,(H,24,27). The Morgan fingerprint density at radius 2 is 1.89 bits per heavy atom. The molecule has 0 aliphatic rings. The number of hydrogen-bond acceptors (Lipinski definition) is 3. The molecule has 1 N–H and O–H groups in total. The first kappa shape index (κ1) is 18.7. The average molecular weight is 379 g/mol. The van der Waals surface area contributed by atoms with Crippen molar-refractivity contribution in [2.24, 2.45) is 0 Å². The van der Waals surface area contributed by atoms with Crippen LogP contribution in [0.4, 0.5) is 0 Å². The Kier molecular flexibility index (Phi) is 5.58. The van der Waals surface area contributed by atoms with Crippen molar-refractivity contribution in [3.8, 4) is 6.07 Å². The Hall–Kier alpha value is -3.10. The zero-order chi connectivity index (χ0) is 19.4. The number of carbonyl (C=O) groups excluding carboxylic acids is 1. The molecular formula is C21H19ClN4O. The molecule has 27 heavy (non-hydrogen) atoms. The summed E-state index contributed by atoms with van der Waals surface area (Å²) in [4.78, 5) is 12.8. The van der Waals surface area contributed by atoms with Crippen LogP contribution in [0.1, 0.15) is 45.7 Å². The SMILES string of the molecule is Cc1nn(Cc2ccccc2)c(Cl)c1C(=O)NC(C)c1ccc(C#N)cc1. The zero-order valence-electron chi connectivity index (χ0n) is 15.1. The maximum absolute atomic E-state index is 12.8. The summed E-state index contributed by atoms with van der Waals surface area (Å²) in [6.45, 7) is 4.16. The summed E-state index contributed by atoms with van der Waals surface area (Å²) in [6, 6.07) is 18.8. The highest BCUT2D eigenvalue weighted by atomic mass is 35.5. The molecule has 3 aromatic rings. The minimum atomic E-state index is -0.270. The van der Waals surface area contributed by atoms with Crippen LogP contribution in [0.5, 0.6) is 0 Å². The van der Waals surface area contributed by atoms with E-state index in [1.807, 2.05) is 49.4 Å². The van der Waals surface area contributed by atoms with Crippen LogP contribution in [0, 0.1) is 18.3 Å². The molecule has 0 aliphatic heterocycles. The predicted molar refractivity (Wildman–Crippen MR) is 105 cm³/mol. The van der Waals surface area contributed by atoms with Gasteiger partial charge in [0.1, 0.15) is 5.15 Å². The van der Waals surface area contributed by atoms with E-state index in [2.05, 4.69) is 16.5 Å². The van der Waals surface area contributed by atoms with Crippen molar-refractivity contribution in [1.82, 2.24) is 15.1 Å². The molecule has 0 bridgehead atoms. The monoisotopic (exact) mass is 378 g/mol. The molecule has 0 aliphatic carbocycles. The normalized spacial score (nSPS) is 11.6. The van der Waals surface area contributed by atoms with E-state index >= 15 is 0 Å². The molecule has 3 rings (SSSR count). The lowest BCUT2D eigenvalue weighted by molar-refractivity contribution is 0.0939. The highest BCUT2D eigenvalue weighted by Crippen LogP contribution is 2.22. The fraction of sp³-hybridized carbons (Fsp3) is 0.190. The van der Waals surface area contributed by atoms with E-state index < -0.39 is 0 Å². The van der Waals surface area contributed by atoms with Crippen molar-refractivity contribution in [3.05, 3.63) is 87.7 Å². The molecule has 5 nitrogen and oxygen atoms in total. The lowest BCUT2D eigenvalue weighted by atomic mass is 10.1. The number of nitriles is 1. The third kappa shape index (κ3) is 4.18. The molecule has 1 unspecified atom stereocenters. The topological polar surface area (TPSA) is 70.7 Å². The lowest BCUT2D eigenvalue weighted by Crippen LogP contribution is -2.27. The molecule has 0 saturated heterocycles. The zero-order valence-corrected chi connectivity index (χ0v) is 15.9. The number of carbonyl (C=O) groups is 1. The van der Waals surface area contributed by atoms with Crippen LogP contribution in [-0.2, 0) is 6.54 Å². The van der Waals surface area contributed by atoms with Crippen molar-refractivity contribution in [2.45, 2.75) is 26.4 Å². The first-order chi connectivity index (χ1) is 13.0. The second kappa shape index (κ2) is 8.07. The van der Waals surface area contributed by atoms with Crippen LogP contribution in [-0.4, -0.2) is 15.7 Å². The number of benzene rings is 2. The molecule has 0 saturated carbocycles. The van der Waals surface area contributed by atoms with Crippen molar-refractivity contribution in [1.29, 1.82) is 5.26 Å². The summed E-state index contributed by atoms with van der Waals surface area (Å²) in [7, 11) is 0. The van der Waals surface area contributed by atoms with Crippen LogP contribution in [0.2, 0.25) is 5.15 Å². The summed E-state index contributed by atoms with van der Waals surface area (Å²) in [5.74, 6) is -0.270. The molecule has 0 radical (unpaired) electrons. The smallest absolute Gasteiger partial charge is 0.256 e. The molecule has 1 amide bonds. The first-order valence-electron chi connectivity index (χ1n) is 8.57. The summed E-state index contributed by atoms with van der Waals surface area (Å²) < 4.78 is 1.63. The van der Waals surface area contributed by atoms with E-state index in [4.69, 9.17) is 16.9 Å². The third-order valence-corrected chi connectivity index (χ3v) is 4.74.